The van der Waals surface area contributed by atoms with Crippen LogP contribution in [0, 0.1) is 0 Å². The molecule has 0 saturated carbocycles. The number of anilines is 1. The molecule has 30 heavy (non-hydrogen) atoms. The van der Waals surface area contributed by atoms with Crippen LogP contribution >= 0.6 is 11.6 Å². The van der Waals surface area contributed by atoms with Crippen LogP contribution in [0.15, 0.2) is 72.8 Å². The zero-order chi connectivity index (χ0) is 21.3. The third-order valence-electron chi connectivity index (χ3n) is 4.44. The average molecular weight is 427 g/mol. The summed E-state index contributed by atoms with van der Waals surface area (Å²) >= 11 is 5.95. The van der Waals surface area contributed by atoms with Crippen molar-refractivity contribution >= 4 is 23.4 Å². The van der Waals surface area contributed by atoms with Crippen molar-refractivity contribution in [3.8, 4) is 16.9 Å². The molecule has 6 nitrogen and oxygen atoms in total. The van der Waals surface area contributed by atoms with Crippen molar-refractivity contribution in [2.75, 3.05) is 25.0 Å². The maximum absolute atomic E-state index is 10.7. The minimum absolute atomic E-state index is 0.279. The van der Waals surface area contributed by atoms with Gasteiger partial charge in [-0.15, -0.1) is 0 Å². The molecule has 1 atom stereocenters. The number of rotatable bonds is 9. The molecule has 0 amide bonds. The van der Waals surface area contributed by atoms with Gasteiger partial charge in [0.15, 0.2) is 0 Å². The molecule has 0 bridgehead atoms. The molecule has 0 heterocycles. The van der Waals surface area contributed by atoms with Gasteiger partial charge in [0.2, 0.25) is 0 Å². The Morgan fingerprint density at radius 3 is 2.47 bits per heavy atom. The van der Waals surface area contributed by atoms with E-state index in [4.69, 9.17) is 21.4 Å². The Bertz CT molecular complexity index is 996. The van der Waals surface area contributed by atoms with Crippen LogP contribution in [0.25, 0.3) is 11.1 Å². The fourth-order valence-electron chi connectivity index (χ4n) is 3.01. The molecule has 0 spiro atoms. The Labute approximate surface area is 180 Å². The summed E-state index contributed by atoms with van der Waals surface area (Å²) in [5.41, 5.74) is 3.53. The quantitative estimate of drug-likeness (QED) is 0.223. The zero-order valence-electron chi connectivity index (χ0n) is 16.2. The second kappa shape index (κ2) is 10.6. The molecule has 3 rings (SSSR count). The Hall–Kier alpha value is -3.06. The van der Waals surface area contributed by atoms with Gasteiger partial charge in [-0.2, -0.15) is 0 Å². The van der Waals surface area contributed by atoms with E-state index in [0.717, 1.165) is 22.4 Å². The largest absolute Gasteiger partial charge is 0.511 e. The van der Waals surface area contributed by atoms with Crippen molar-refractivity contribution in [1.82, 2.24) is 5.32 Å². The lowest BCUT2D eigenvalue weighted by Crippen LogP contribution is -2.26. The topological polar surface area (TPSA) is 90.8 Å². The number of hydrogen-bond acceptors (Lipinski definition) is 5. The molecule has 0 aliphatic rings. The van der Waals surface area contributed by atoms with Gasteiger partial charge in [-0.25, -0.2) is 4.79 Å². The van der Waals surface area contributed by atoms with E-state index in [2.05, 4.69) is 10.6 Å². The second-order valence-electron chi connectivity index (χ2n) is 6.68. The summed E-state index contributed by atoms with van der Waals surface area (Å²) in [5.74, 6) is 0.279. The van der Waals surface area contributed by atoms with E-state index in [0.29, 0.717) is 24.7 Å². The summed E-state index contributed by atoms with van der Waals surface area (Å²) in [7, 11) is 0. The Balaban J connectivity index is 1.49. The summed E-state index contributed by atoms with van der Waals surface area (Å²) in [6.45, 7) is 1.77. The summed E-state index contributed by atoms with van der Waals surface area (Å²) in [5, 5.41) is 26.1. The number of aliphatic hydroxyl groups is 1. The van der Waals surface area contributed by atoms with Crippen molar-refractivity contribution in [1.29, 1.82) is 0 Å². The molecule has 4 N–H and O–H groups in total. The number of aliphatic hydroxyl groups excluding tert-OH is 1. The normalized spacial score (nSPS) is 11.7. The number of nitrogens with one attached hydrogen (secondary N) is 2. The fourth-order valence-corrected chi connectivity index (χ4v) is 3.21. The van der Waals surface area contributed by atoms with E-state index >= 15 is 0 Å². The van der Waals surface area contributed by atoms with E-state index in [1.54, 1.807) is 30.3 Å². The molecule has 0 aliphatic heterocycles. The molecule has 0 fully saturated rings. The van der Waals surface area contributed by atoms with E-state index < -0.39 is 12.3 Å². The highest BCUT2D eigenvalue weighted by molar-refractivity contribution is 6.30. The third kappa shape index (κ3) is 6.49. The van der Waals surface area contributed by atoms with Crippen molar-refractivity contribution in [3.63, 3.8) is 0 Å². The van der Waals surface area contributed by atoms with E-state index in [9.17, 15) is 9.90 Å². The van der Waals surface area contributed by atoms with Gasteiger partial charge in [0.05, 0.1) is 6.10 Å². The van der Waals surface area contributed by atoms with Crippen LogP contribution in [0.1, 0.15) is 11.7 Å². The fraction of sp³-hybridized carbons (Fsp3) is 0.174. The molecule has 0 aliphatic carbocycles. The molecular formula is C23H23ClN2O4. The minimum Gasteiger partial charge on any atom is -0.449 e. The summed E-state index contributed by atoms with van der Waals surface area (Å²) in [6.07, 6.45) is -1.96. The van der Waals surface area contributed by atoms with Crippen LogP contribution in [0.2, 0.25) is 5.02 Å². The van der Waals surface area contributed by atoms with Crippen LogP contribution < -0.4 is 15.4 Å². The smallest absolute Gasteiger partial charge is 0.449 e. The highest BCUT2D eigenvalue weighted by atomic mass is 35.5. The average Bonchev–Trinajstić information content (AvgIpc) is 2.73. The Kier molecular flexibility index (Phi) is 7.68. The SMILES string of the molecule is O=C(O)Oc1cccc(-c2cccc(NCCNC[C@H](O)c3cccc(Cl)c3)c2)c1. The first kappa shape index (κ1) is 21.6. The first-order chi connectivity index (χ1) is 14.5. The number of halogens is 1. The molecule has 0 unspecified atom stereocenters. The number of benzene rings is 3. The summed E-state index contributed by atoms with van der Waals surface area (Å²) in [6, 6.07) is 22.0. The number of hydrogen-bond donors (Lipinski definition) is 4. The molecule has 3 aromatic rings. The van der Waals surface area contributed by atoms with Crippen LogP contribution in [-0.2, 0) is 0 Å². The highest BCUT2D eigenvalue weighted by Gasteiger charge is 2.07. The van der Waals surface area contributed by atoms with Crippen LogP contribution in [0.5, 0.6) is 5.75 Å². The van der Waals surface area contributed by atoms with E-state index in [1.165, 1.54) is 0 Å². The van der Waals surface area contributed by atoms with Crippen molar-refractivity contribution in [3.05, 3.63) is 83.4 Å². The van der Waals surface area contributed by atoms with Gasteiger partial charge in [-0.1, -0.05) is 48.0 Å². The molecule has 7 heteroatoms. The van der Waals surface area contributed by atoms with Gasteiger partial charge < -0.3 is 25.6 Å². The van der Waals surface area contributed by atoms with Gasteiger partial charge in [-0.3, -0.25) is 0 Å². The second-order valence-corrected chi connectivity index (χ2v) is 7.11. The lowest BCUT2D eigenvalue weighted by molar-refractivity contribution is 0.144. The molecule has 156 valence electrons. The first-order valence-electron chi connectivity index (χ1n) is 9.50. The monoisotopic (exact) mass is 426 g/mol. The lowest BCUT2D eigenvalue weighted by Gasteiger charge is -2.13. The first-order valence-corrected chi connectivity index (χ1v) is 9.88. The van der Waals surface area contributed by atoms with Gasteiger partial charge in [-0.05, 0) is 53.1 Å². The van der Waals surface area contributed by atoms with Gasteiger partial charge in [0.25, 0.3) is 0 Å². The van der Waals surface area contributed by atoms with Crippen molar-refractivity contribution in [2.24, 2.45) is 0 Å². The van der Waals surface area contributed by atoms with Crippen molar-refractivity contribution in [2.45, 2.75) is 6.10 Å². The molecule has 3 aromatic carbocycles. The standard InChI is InChI=1S/C23H23ClN2O4/c24-19-7-1-6-18(12-19)22(27)15-25-10-11-26-20-8-2-4-16(13-20)17-5-3-9-21(14-17)30-23(28)29/h1-9,12-14,22,25-27H,10-11,15H2,(H,28,29)/t22-/m0/s1. The maximum atomic E-state index is 10.7. The maximum Gasteiger partial charge on any atom is 0.511 e. The number of carbonyl (C=O) groups is 1. The molecule has 0 saturated heterocycles. The van der Waals surface area contributed by atoms with Gasteiger partial charge >= 0.3 is 6.16 Å². The van der Waals surface area contributed by atoms with Gasteiger partial charge in [0, 0.05) is 30.3 Å². The van der Waals surface area contributed by atoms with Gasteiger partial charge in [0.1, 0.15) is 5.75 Å². The highest BCUT2D eigenvalue weighted by Crippen LogP contribution is 2.26. The minimum atomic E-state index is -1.34. The number of ether oxygens (including phenoxy) is 1. The lowest BCUT2D eigenvalue weighted by atomic mass is 10.0. The summed E-state index contributed by atoms with van der Waals surface area (Å²) in [4.78, 5) is 10.7. The Morgan fingerprint density at radius 1 is 0.967 bits per heavy atom. The van der Waals surface area contributed by atoms with Crippen LogP contribution in [0.4, 0.5) is 10.5 Å². The van der Waals surface area contributed by atoms with E-state index in [1.807, 2.05) is 42.5 Å². The molecule has 0 radical (unpaired) electrons. The van der Waals surface area contributed by atoms with Crippen molar-refractivity contribution < 1.29 is 19.7 Å². The molecular weight excluding hydrogens is 404 g/mol. The van der Waals surface area contributed by atoms with E-state index in [-0.39, 0.29) is 5.75 Å². The predicted molar refractivity (Wildman–Crippen MR) is 118 cm³/mol. The zero-order valence-corrected chi connectivity index (χ0v) is 17.0. The molecule has 0 aromatic heterocycles. The predicted octanol–water partition coefficient (Wildman–Crippen LogP) is 4.80. The number of carboxylic acid groups (broad SMARTS) is 1. The van der Waals surface area contributed by atoms with Crippen LogP contribution in [-0.4, -0.2) is 36.0 Å². The summed E-state index contributed by atoms with van der Waals surface area (Å²) < 4.78 is 4.72. The third-order valence-corrected chi connectivity index (χ3v) is 4.67. The Morgan fingerprint density at radius 2 is 1.70 bits per heavy atom. The van der Waals surface area contributed by atoms with Crippen LogP contribution in [0.3, 0.4) is 0 Å².